The highest BCUT2D eigenvalue weighted by atomic mass is 16.3. The molecule has 6 heteroatoms. The molecular weight excluding hydrogens is 318 g/mol. The molecule has 0 unspecified atom stereocenters. The topological polar surface area (TPSA) is 69.8 Å². The number of rotatable bonds is 4. The number of benzene rings is 1. The summed E-state index contributed by atoms with van der Waals surface area (Å²) in [5.41, 5.74) is 1.03. The van der Waals surface area contributed by atoms with Crippen LogP contribution in [0.2, 0.25) is 0 Å². The van der Waals surface area contributed by atoms with E-state index in [-0.39, 0.29) is 23.7 Å². The molecule has 0 spiro atoms. The van der Waals surface area contributed by atoms with Crippen molar-refractivity contribution in [3.8, 4) is 0 Å². The molecular formula is C19H23N3O3. The Kier molecular flexibility index (Phi) is 4.31. The molecule has 1 amide bonds. The Morgan fingerprint density at radius 3 is 2.88 bits per heavy atom. The fraction of sp³-hybridized carbons (Fsp3) is 0.474. The van der Waals surface area contributed by atoms with Gasteiger partial charge in [-0.25, -0.2) is 4.98 Å². The van der Waals surface area contributed by atoms with Gasteiger partial charge >= 0.3 is 0 Å². The van der Waals surface area contributed by atoms with Crippen LogP contribution in [0.25, 0.3) is 0 Å². The van der Waals surface area contributed by atoms with Crippen LogP contribution in [0.1, 0.15) is 22.5 Å². The van der Waals surface area contributed by atoms with Crippen molar-refractivity contribution < 1.29 is 14.3 Å². The summed E-state index contributed by atoms with van der Waals surface area (Å²) in [6.07, 6.45) is 3.64. The van der Waals surface area contributed by atoms with Gasteiger partial charge in [-0.3, -0.25) is 9.69 Å². The lowest BCUT2D eigenvalue weighted by Gasteiger charge is -2.42. The molecule has 4 rings (SSSR count). The summed E-state index contributed by atoms with van der Waals surface area (Å²) in [5, 5.41) is 10.2. The van der Waals surface area contributed by atoms with Gasteiger partial charge in [-0.1, -0.05) is 30.3 Å². The van der Waals surface area contributed by atoms with Crippen molar-refractivity contribution in [2.75, 3.05) is 32.8 Å². The molecule has 2 atom stereocenters. The second-order valence-corrected chi connectivity index (χ2v) is 7.25. The maximum Gasteiger partial charge on any atom is 0.291 e. The largest absolute Gasteiger partial charge is 0.438 e. The van der Waals surface area contributed by atoms with E-state index in [2.05, 4.69) is 34.1 Å². The van der Waals surface area contributed by atoms with E-state index < -0.39 is 0 Å². The minimum absolute atomic E-state index is 0.100. The second-order valence-electron chi connectivity index (χ2n) is 7.25. The Bertz CT molecular complexity index is 719. The number of aromatic nitrogens is 1. The molecule has 0 saturated carbocycles. The average molecular weight is 341 g/mol. The molecule has 132 valence electrons. The van der Waals surface area contributed by atoms with Crippen molar-refractivity contribution in [2.24, 2.45) is 11.3 Å². The van der Waals surface area contributed by atoms with Gasteiger partial charge in [0.05, 0.1) is 12.8 Å². The summed E-state index contributed by atoms with van der Waals surface area (Å²) < 4.78 is 5.15. The Morgan fingerprint density at radius 1 is 1.32 bits per heavy atom. The molecule has 25 heavy (non-hydrogen) atoms. The van der Waals surface area contributed by atoms with Crippen LogP contribution >= 0.6 is 0 Å². The summed E-state index contributed by atoms with van der Waals surface area (Å²) in [5.74, 6) is 0.552. The summed E-state index contributed by atoms with van der Waals surface area (Å²) >= 11 is 0. The third-order valence-electron chi connectivity index (χ3n) is 5.63. The molecule has 2 aromatic rings. The van der Waals surface area contributed by atoms with Gasteiger partial charge in [0.1, 0.15) is 0 Å². The number of oxazole rings is 1. The summed E-state index contributed by atoms with van der Waals surface area (Å²) in [6.45, 7) is 4.03. The van der Waals surface area contributed by atoms with E-state index >= 15 is 0 Å². The minimum Gasteiger partial charge on any atom is -0.438 e. The van der Waals surface area contributed by atoms with Crippen LogP contribution in [-0.2, 0) is 6.54 Å². The maximum atomic E-state index is 12.6. The predicted molar refractivity (Wildman–Crippen MR) is 91.8 cm³/mol. The van der Waals surface area contributed by atoms with Gasteiger partial charge in [0.2, 0.25) is 5.76 Å². The number of hydrogen-bond donors (Lipinski definition) is 1. The number of likely N-dealkylation sites (tertiary alicyclic amines) is 2. The van der Waals surface area contributed by atoms with Crippen molar-refractivity contribution >= 4 is 5.91 Å². The molecule has 0 bridgehead atoms. The molecule has 2 saturated heterocycles. The predicted octanol–water partition coefficient (Wildman–Crippen LogP) is 1.63. The highest BCUT2D eigenvalue weighted by Gasteiger charge is 2.50. The minimum atomic E-state index is -0.247. The number of aliphatic hydroxyl groups is 1. The first-order valence-electron chi connectivity index (χ1n) is 8.75. The second kappa shape index (κ2) is 6.61. The van der Waals surface area contributed by atoms with Crippen LogP contribution in [-0.4, -0.2) is 58.6 Å². The van der Waals surface area contributed by atoms with Gasteiger partial charge in [0, 0.05) is 38.1 Å². The van der Waals surface area contributed by atoms with E-state index in [4.69, 9.17) is 4.42 Å². The highest BCUT2D eigenvalue weighted by Crippen LogP contribution is 2.42. The van der Waals surface area contributed by atoms with Crippen molar-refractivity contribution in [3.63, 3.8) is 0 Å². The molecule has 2 aliphatic rings. The Morgan fingerprint density at radius 2 is 2.16 bits per heavy atom. The number of nitrogens with zero attached hydrogens (tertiary/aromatic N) is 3. The lowest BCUT2D eigenvalue weighted by atomic mass is 9.74. The van der Waals surface area contributed by atoms with Gasteiger partial charge in [0.25, 0.3) is 5.91 Å². The molecule has 3 heterocycles. The fourth-order valence-electron chi connectivity index (χ4n) is 4.33. The molecule has 1 aromatic heterocycles. The Balaban J connectivity index is 1.48. The molecule has 0 radical (unpaired) electrons. The third kappa shape index (κ3) is 3.07. The van der Waals surface area contributed by atoms with Crippen LogP contribution < -0.4 is 0 Å². The normalized spacial score (nSPS) is 26.6. The van der Waals surface area contributed by atoms with E-state index in [0.29, 0.717) is 19.0 Å². The number of carbonyl (C=O) groups excluding carboxylic acids is 1. The zero-order valence-corrected chi connectivity index (χ0v) is 14.2. The molecule has 2 fully saturated rings. The smallest absolute Gasteiger partial charge is 0.291 e. The maximum absolute atomic E-state index is 12.6. The highest BCUT2D eigenvalue weighted by molar-refractivity contribution is 5.91. The summed E-state index contributed by atoms with van der Waals surface area (Å²) in [6, 6.07) is 10.4. The number of hydrogen-bond acceptors (Lipinski definition) is 5. The van der Waals surface area contributed by atoms with Gasteiger partial charge in [-0.2, -0.15) is 0 Å². The van der Waals surface area contributed by atoms with Crippen molar-refractivity contribution in [1.29, 1.82) is 0 Å². The van der Waals surface area contributed by atoms with Crippen LogP contribution in [0, 0.1) is 11.3 Å². The van der Waals surface area contributed by atoms with E-state index in [1.165, 1.54) is 18.2 Å². The monoisotopic (exact) mass is 341 g/mol. The van der Waals surface area contributed by atoms with E-state index in [0.717, 1.165) is 26.1 Å². The van der Waals surface area contributed by atoms with Gasteiger partial charge in [-0.05, 0) is 17.9 Å². The lowest BCUT2D eigenvalue weighted by molar-refractivity contribution is 0.0102. The number of piperidine rings is 1. The number of fused-ring (bicyclic) bond motifs is 1. The van der Waals surface area contributed by atoms with Gasteiger partial charge in [0.15, 0.2) is 6.39 Å². The standard InChI is InChI=1S/C19H23N3O3/c23-13-19-11-21(9-15-4-2-1-3-5-15)10-16(19)6-7-22(12-19)18(24)17-8-20-14-25-17/h1-5,8,14,16,23H,6-7,9-13H2/t16-,19-/m0/s1. The van der Waals surface area contributed by atoms with Crippen LogP contribution in [0.15, 0.2) is 47.3 Å². The molecule has 0 aliphatic carbocycles. The van der Waals surface area contributed by atoms with Crippen molar-refractivity contribution in [2.45, 2.75) is 13.0 Å². The van der Waals surface area contributed by atoms with Crippen LogP contribution in [0.5, 0.6) is 0 Å². The zero-order valence-electron chi connectivity index (χ0n) is 14.2. The molecule has 1 N–H and O–H groups in total. The van der Waals surface area contributed by atoms with Crippen molar-refractivity contribution in [1.82, 2.24) is 14.8 Å². The summed E-state index contributed by atoms with van der Waals surface area (Å²) in [4.78, 5) is 20.6. The number of carbonyl (C=O) groups is 1. The fourth-order valence-corrected chi connectivity index (χ4v) is 4.33. The van der Waals surface area contributed by atoms with E-state index in [1.54, 1.807) is 4.90 Å². The van der Waals surface area contributed by atoms with E-state index in [1.807, 2.05) is 6.07 Å². The first-order chi connectivity index (χ1) is 12.2. The lowest BCUT2D eigenvalue weighted by Crippen LogP contribution is -2.52. The van der Waals surface area contributed by atoms with Gasteiger partial charge in [-0.15, -0.1) is 0 Å². The number of aliphatic hydroxyl groups excluding tert-OH is 1. The Hall–Kier alpha value is -2.18. The average Bonchev–Trinajstić information content (AvgIpc) is 3.29. The van der Waals surface area contributed by atoms with Crippen molar-refractivity contribution in [3.05, 3.63) is 54.2 Å². The van der Waals surface area contributed by atoms with Crippen LogP contribution in [0.4, 0.5) is 0 Å². The molecule has 2 aliphatic heterocycles. The third-order valence-corrected chi connectivity index (χ3v) is 5.63. The quantitative estimate of drug-likeness (QED) is 0.915. The SMILES string of the molecule is O=C(c1cnco1)N1CC[C@H]2CN(Cc3ccccc3)C[C@@]2(CO)C1. The summed E-state index contributed by atoms with van der Waals surface area (Å²) in [7, 11) is 0. The number of amides is 1. The Labute approximate surface area is 147 Å². The van der Waals surface area contributed by atoms with Crippen LogP contribution in [0.3, 0.4) is 0 Å². The molecule has 1 aromatic carbocycles. The van der Waals surface area contributed by atoms with E-state index in [9.17, 15) is 9.90 Å². The first-order valence-corrected chi connectivity index (χ1v) is 8.75. The first kappa shape index (κ1) is 16.3. The molecule has 6 nitrogen and oxygen atoms in total. The zero-order chi connectivity index (χ0) is 17.3. The van der Waals surface area contributed by atoms with Gasteiger partial charge < -0.3 is 14.4 Å².